The predicted octanol–water partition coefficient (Wildman–Crippen LogP) is 2.28. The minimum Gasteiger partial charge on any atom is -0.493 e. The van der Waals surface area contributed by atoms with Crippen LogP contribution in [-0.4, -0.2) is 19.7 Å². The molecule has 90 valence electrons. The third-order valence-corrected chi connectivity index (χ3v) is 2.87. The number of rotatable bonds is 3. The monoisotopic (exact) mass is 232 g/mol. The number of carbonyl (C=O) groups is 1. The van der Waals surface area contributed by atoms with Gasteiger partial charge in [-0.05, 0) is 25.0 Å². The molecule has 0 saturated heterocycles. The Hall–Kier alpha value is -1.77. The topological polar surface area (TPSA) is 35.5 Å². The lowest BCUT2D eigenvalue weighted by atomic mass is 9.99. The number of esters is 1. The molecule has 1 aromatic rings. The molecule has 17 heavy (non-hydrogen) atoms. The van der Waals surface area contributed by atoms with E-state index in [9.17, 15) is 4.79 Å². The molecule has 3 heteroatoms. The number of benzene rings is 1. The molecule has 0 saturated carbocycles. The highest BCUT2D eigenvalue weighted by Gasteiger charge is 2.15. The van der Waals surface area contributed by atoms with Gasteiger partial charge < -0.3 is 9.47 Å². The predicted molar refractivity (Wildman–Crippen MR) is 65.1 cm³/mol. The summed E-state index contributed by atoms with van der Waals surface area (Å²) in [4.78, 5) is 11.1. The normalized spacial score (nSPS) is 14.1. The van der Waals surface area contributed by atoms with E-state index in [0.717, 1.165) is 30.8 Å². The molecule has 0 aliphatic carbocycles. The molecule has 3 nitrogen and oxygen atoms in total. The molecule has 0 N–H and O–H groups in total. The Bertz CT molecular complexity index is 461. The lowest BCUT2D eigenvalue weighted by Crippen LogP contribution is -1.99. The average molecular weight is 232 g/mol. The zero-order valence-corrected chi connectivity index (χ0v) is 10.2. The number of hydrogen-bond donors (Lipinski definition) is 0. The van der Waals surface area contributed by atoms with Crippen LogP contribution in [0.25, 0.3) is 0 Å². The quantitative estimate of drug-likeness (QED) is 0.592. The molecule has 0 spiro atoms. The Morgan fingerprint density at radius 3 is 3.12 bits per heavy atom. The van der Waals surface area contributed by atoms with Gasteiger partial charge in [0.15, 0.2) is 0 Å². The Balaban J connectivity index is 2.17. The lowest BCUT2D eigenvalue weighted by molar-refractivity contribution is -0.134. The highest BCUT2D eigenvalue weighted by Crippen LogP contribution is 2.29. The fourth-order valence-electron chi connectivity index (χ4n) is 2.07. The Labute approximate surface area is 101 Å². The van der Waals surface area contributed by atoms with Crippen molar-refractivity contribution in [3.05, 3.63) is 41.0 Å². The summed E-state index contributed by atoms with van der Waals surface area (Å²) >= 11 is 0. The molecule has 1 aliphatic heterocycles. The van der Waals surface area contributed by atoms with E-state index >= 15 is 0 Å². The molecule has 0 radical (unpaired) electrons. The molecule has 0 aromatic heterocycles. The third-order valence-electron chi connectivity index (χ3n) is 2.87. The van der Waals surface area contributed by atoms with E-state index in [-0.39, 0.29) is 5.97 Å². The summed E-state index contributed by atoms with van der Waals surface area (Å²) < 4.78 is 10.1. The van der Waals surface area contributed by atoms with Crippen LogP contribution in [0.15, 0.2) is 29.8 Å². The highest BCUT2D eigenvalue weighted by molar-refractivity contribution is 5.82. The van der Waals surface area contributed by atoms with Gasteiger partial charge in [-0.3, -0.25) is 0 Å². The first-order valence-electron chi connectivity index (χ1n) is 5.69. The number of hydrogen-bond acceptors (Lipinski definition) is 3. The molecule has 0 unspecified atom stereocenters. The molecule has 0 atom stereocenters. The maximum Gasteiger partial charge on any atom is 0.330 e. The van der Waals surface area contributed by atoms with Gasteiger partial charge in [-0.25, -0.2) is 4.79 Å². The van der Waals surface area contributed by atoms with Crippen LogP contribution < -0.4 is 4.74 Å². The van der Waals surface area contributed by atoms with Crippen molar-refractivity contribution >= 4 is 5.97 Å². The van der Waals surface area contributed by atoms with Gasteiger partial charge in [-0.1, -0.05) is 17.7 Å². The van der Waals surface area contributed by atoms with Crippen LogP contribution in [0.5, 0.6) is 5.75 Å². The van der Waals surface area contributed by atoms with Crippen molar-refractivity contribution in [2.24, 2.45) is 0 Å². The Morgan fingerprint density at radius 2 is 2.35 bits per heavy atom. The van der Waals surface area contributed by atoms with E-state index < -0.39 is 0 Å². The summed E-state index contributed by atoms with van der Waals surface area (Å²) in [5.74, 6) is 0.680. The second kappa shape index (κ2) is 5.04. The van der Waals surface area contributed by atoms with E-state index in [4.69, 9.17) is 4.74 Å². The van der Waals surface area contributed by atoms with Gasteiger partial charge in [0.25, 0.3) is 0 Å². The van der Waals surface area contributed by atoms with E-state index in [1.54, 1.807) is 0 Å². The van der Waals surface area contributed by atoms with Crippen LogP contribution in [0.3, 0.4) is 0 Å². The fraction of sp³-hybridized carbons (Fsp3) is 0.357. The smallest absolute Gasteiger partial charge is 0.330 e. The summed E-state index contributed by atoms with van der Waals surface area (Å²) in [6.45, 7) is 2.69. The molecule has 0 bridgehead atoms. The first-order valence-corrected chi connectivity index (χ1v) is 5.69. The SMILES string of the molecule is COC(=O)/C=C(/C)Cc1cccc2c1CCO2. The van der Waals surface area contributed by atoms with Crippen molar-refractivity contribution in [2.45, 2.75) is 19.8 Å². The van der Waals surface area contributed by atoms with Gasteiger partial charge >= 0.3 is 5.97 Å². The average Bonchev–Trinajstić information content (AvgIpc) is 2.78. The van der Waals surface area contributed by atoms with Gasteiger partial charge in [-0.15, -0.1) is 0 Å². The summed E-state index contributed by atoms with van der Waals surface area (Å²) in [7, 11) is 1.39. The Morgan fingerprint density at radius 1 is 1.53 bits per heavy atom. The van der Waals surface area contributed by atoms with E-state index in [1.165, 1.54) is 24.3 Å². The molecular weight excluding hydrogens is 216 g/mol. The fourth-order valence-corrected chi connectivity index (χ4v) is 2.07. The maximum atomic E-state index is 11.1. The second-order valence-corrected chi connectivity index (χ2v) is 4.18. The number of ether oxygens (including phenoxy) is 2. The number of allylic oxidation sites excluding steroid dienone is 1. The van der Waals surface area contributed by atoms with Crippen molar-refractivity contribution in [1.29, 1.82) is 0 Å². The molecule has 2 rings (SSSR count). The van der Waals surface area contributed by atoms with E-state index in [2.05, 4.69) is 10.8 Å². The van der Waals surface area contributed by atoms with Crippen molar-refractivity contribution < 1.29 is 14.3 Å². The largest absolute Gasteiger partial charge is 0.493 e. The third kappa shape index (κ3) is 2.67. The summed E-state index contributed by atoms with van der Waals surface area (Å²) in [5, 5.41) is 0. The lowest BCUT2D eigenvalue weighted by Gasteiger charge is -2.07. The molecule has 0 fully saturated rings. The van der Waals surface area contributed by atoms with E-state index in [1.807, 2.05) is 19.1 Å². The second-order valence-electron chi connectivity index (χ2n) is 4.18. The zero-order chi connectivity index (χ0) is 12.3. The van der Waals surface area contributed by atoms with Gasteiger partial charge in [0.05, 0.1) is 13.7 Å². The van der Waals surface area contributed by atoms with Crippen molar-refractivity contribution in [1.82, 2.24) is 0 Å². The van der Waals surface area contributed by atoms with Gasteiger partial charge in [-0.2, -0.15) is 0 Å². The van der Waals surface area contributed by atoms with Crippen molar-refractivity contribution in [3.63, 3.8) is 0 Å². The van der Waals surface area contributed by atoms with Crippen molar-refractivity contribution in [2.75, 3.05) is 13.7 Å². The van der Waals surface area contributed by atoms with Crippen LogP contribution >= 0.6 is 0 Å². The van der Waals surface area contributed by atoms with Crippen LogP contribution in [0.4, 0.5) is 0 Å². The molecule has 1 aliphatic rings. The number of carbonyl (C=O) groups excluding carboxylic acids is 1. The standard InChI is InChI=1S/C14H16O3/c1-10(9-14(15)16-2)8-11-4-3-5-13-12(11)6-7-17-13/h3-5,9H,6-8H2,1-2H3/b10-9-. The minimum atomic E-state index is -0.300. The number of methoxy groups -OCH3 is 1. The van der Waals surface area contributed by atoms with E-state index in [0.29, 0.717) is 0 Å². The molecule has 0 amide bonds. The molecule has 1 aromatic carbocycles. The van der Waals surface area contributed by atoms with Crippen LogP contribution in [-0.2, 0) is 22.4 Å². The zero-order valence-electron chi connectivity index (χ0n) is 10.2. The van der Waals surface area contributed by atoms with Crippen LogP contribution in [0.2, 0.25) is 0 Å². The molecule has 1 heterocycles. The summed E-state index contributed by atoms with van der Waals surface area (Å²) in [6, 6.07) is 6.07. The Kier molecular flexibility index (Phi) is 3.47. The summed E-state index contributed by atoms with van der Waals surface area (Å²) in [5.41, 5.74) is 3.50. The highest BCUT2D eigenvalue weighted by atomic mass is 16.5. The number of fused-ring (bicyclic) bond motifs is 1. The minimum absolute atomic E-state index is 0.300. The van der Waals surface area contributed by atoms with Crippen LogP contribution in [0.1, 0.15) is 18.1 Å². The summed E-state index contributed by atoms with van der Waals surface area (Å²) in [6.07, 6.45) is 3.26. The van der Waals surface area contributed by atoms with Gasteiger partial charge in [0.1, 0.15) is 5.75 Å². The van der Waals surface area contributed by atoms with Crippen molar-refractivity contribution in [3.8, 4) is 5.75 Å². The first-order chi connectivity index (χ1) is 8.20. The van der Waals surface area contributed by atoms with Crippen LogP contribution in [0, 0.1) is 0 Å². The maximum absolute atomic E-state index is 11.1. The van der Waals surface area contributed by atoms with Gasteiger partial charge in [0, 0.05) is 18.1 Å². The molecular formula is C14H16O3. The first kappa shape index (κ1) is 11.7. The van der Waals surface area contributed by atoms with Gasteiger partial charge in [0.2, 0.25) is 0 Å².